The molecule has 4 nitrogen and oxygen atoms in total. The van der Waals surface area contributed by atoms with E-state index in [0.29, 0.717) is 16.4 Å². The van der Waals surface area contributed by atoms with Crippen LogP contribution in [0.3, 0.4) is 0 Å². The van der Waals surface area contributed by atoms with Crippen LogP contribution in [0.15, 0.2) is 53.2 Å². The Morgan fingerprint density at radius 3 is 2.21 bits per heavy atom. The predicted molar refractivity (Wildman–Crippen MR) is 96.4 cm³/mol. The van der Waals surface area contributed by atoms with Crippen LogP contribution in [-0.4, -0.2) is 11.8 Å². The van der Waals surface area contributed by atoms with Crippen LogP contribution in [0.1, 0.15) is 11.1 Å². The van der Waals surface area contributed by atoms with Crippen LogP contribution in [0.2, 0.25) is 5.02 Å². The lowest BCUT2D eigenvalue weighted by molar-refractivity contribution is -0.120. The van der Waals surface area contributed by atoms with Crippen molar-refractivity contribution < 1.29 is 9.59 Å². The lowest BCUT2D eigenvalue weighted by Crippen LogP contribution is -2.32. The van der Waals surface area contributed by atoms with E-state index in [1.54, 1.807) is 36.4 Å². The lowest BCUT2D eigenvalue weighted by atomic mass is 10.1. The summed E-state index contributed by atoms with van der Waals surface area (Å²) in [5.41, 5.74) is 3.04. The summed E-state index contributed by atoms with van der Waals surface area (Å²) in [6.45, 7) is 3.81. The van der Waals surface area contributed by atoms with Crippen molar-refractivity contribution in [1.82, 2.24) is 0 Å². The van der Waals surface area contributed by atoms with Gasteiger partial charge < -0.3 is 5.32 Å². The molecule has 0 radical (unpaired) electrons. The Hall–Kier alpha value is -2.30. The summed E-state index contributed by atoms with van der Waals surface area (Å²) in [5.74, 6) is -1.04. The maximum absolute atomic E-state index is 12.7. The number of benzene rings is 2. The van der Waals surface area contributed by atoms with Gasteiger partial charge in [0.05, 0.1) is 5.69 Å². The molecule has 1 heterocycles. The van der Waals surface area contributed by atoms with Crippen LogP contribution in [0.4, 0.5) is 11.4 Å². The van der Waals surface area contributed by atoms with Gasteiger partial charge in [0.25, 0.3) is 11.8 Å². The number of nitrogens with zero attached hydrogens (tertiary/aromatic N) is 1. The molecule has 0 saturated carbocycles. The van der Waals surface area contributed by atoms with E-state index in [1.165, 1.54) is 0 Å². The van der Waals surface area contributed by atoms with E-state index in [0.717, 1.165) is 16.0 Å². The topological polar surface area (TPSA) is 49.4 Å². The summed E-state index contributed by atoms with van der Waals surface area (Å²) in [4.78, 5) is 26.2. The highest BCUT2D eigenvalue weighted by molar-refractivity contribution is 6.53. The van der Waals surface area contributed by atoms with E-state index >= 15 is 0 Å². The average molecular weight is 361 g/mol. The summed E-state index contributed by atoms with van der Waals surface area (Å²) in [7, 11) is 0. The van der Waals surface area contributed by atoms with Gasteiger partial charge in [-0.25, -0.2) is 4.90 Å². The maximum Gasteiger partial charge on any atom is 0.283 e. The molecule has 24 heavy (non-hydrogen) atoms. The number of aryl methyl sites for hydroxylation is 2. The Kier molecular flexibility index (Phi) is 4.35. The van der Waals surface area contributed by atoms with Gasteiger partial charge in [0.1, 0.15) is 10.7 Å². The zero-order valence-electron chi connectivity index (χ0n) is 13.1. The Morgan fingerprint density at radius 1 is 0.917 bits per heavy atom. The molecule has 0 spiro atoms. The quantitative estimate of drug-likeness (QED) is 0.825. The van der Waals surface area contributed by atoms with Crippen LogP contribution in [0.5, 0.6) is 0 Å². The molecule has 0 fully saturated rings. The van der Waals surface area contributed by atoms with Gasteiger partial charge in [0, 0.05) is 10.7 Å². The molecule has 122 valence electrons. The van der Waals surface area contributed by atoms with Gasteiger partial charge >= 0.3 is 0 Å². The number of rotatable bonds is 3. The van der Waals surface area contributed by atoms with Crippen LogP contribution < -0.4 is 10.2 Å². The van der Waals surface area contributed by atoms with E-state index in [-0.39, 0.29) is 10.7 Å². The molecule has 2 aromatic rings. The molecule has 0 unspecified atom stereocenters. The number of imide groups is 1. The van der Waals surface area contributed by atoms with Crippen molar-refractivity contribution in [2.24, 2.45) is 0 Å². The van der Waals surface area contributed by atoms with E-state index in [2.05, 4.69) is 5.32 Å². The molecule has 0 bridgehead atoms. The summed E-state index contributed by atoms with van der Waals surface area (Å²) < 4.78 is 0. The van der Waals surface area contributed by atoms with Crippen molar-refractivity contribution >= 4 is 46.4 Å². The molecule has 0 aromatic heterocycles. The van der Waals surface area contributed by atoms with Gasteiger partial charge in [-0.2, -0.15) is 0 Å². The highest BCUT2D eigenvalue weighted by atomic mass is 35.5. The monoisotopic (exact) mass is 360 g/mol. The fraction of sp³-hybridized carbons (Fsp3) is 0.111. The summed E-state index contributed by atoms with van der Waals surface area (Å²) >= 11 is 12.0. The number of anilines is 2. The molecule has 1 aliphatic rings. The molecule has 0 aliphatic carbocycles. The molecule has 2 aromatic carbocycles. The van der Waals surface area contributed by atoms with Crippen molar-refractivity contribution in [1.29, 1.82) is 0 Å². The normalized spacial score (nSPS) is 14.6. The number of hydrogen-bond donors (Lipinski definition) is 1. The van der Waals surface area contributed by atoms with Crippen LogP contribution >= 0.6 is 23.2 Å². The number of carbonyl (C=O) groups is 2. The van der Waals surface area contributed by atoms with Crippen molar-refractivity contribution in [2.75, 3.05) is 10.2 Å². The first-order valence-corrected chi connectivity index (χ1v) is 8.02. The van der Waals surface area contributed by atoms with Gasteiger partial charge in [-0.05, 0) is 55.3 Å². The molecule has 1 aliphatic heterocycles. The SMILES string of the molecule is Cc1cc(C)cc(N2C(=O)C(Cl)=C(Nc3cccc(Cl)c3)C2=O)c1. The van der Waals surface area contributed by atoms with E-state index in [4.69, 9.17) is 23.2 Å². The lowest BCUT2D eigenvalue weighted by Gasteiger charge is -2.16. The van der Waals surface area contributed by atoms with Gasteiger partial charge in [0.15, 0.2) is 0 Å². The smallest absolute Gasteiger partial charge is 0.283 e. The molecule has 0 saturated heterocycles. The largest absolute Gasteiger partial charge is 0.350 e. The minimum Gasteiger partial charge on any atom is -0.350 e. The predicted octanol–water partition coefficient (Wildman–Crippen LogP) is 4.39. The fourth-order valence-corrected chi connectivity index (χ4v) is 3.04. The number of carbonyl (C=O) groups excluding carboxylic acids is 2. The van der Waals surface area contributed by atoms with Crippen molar-refractivity contribution in [3.8, 4) is 0 Å². The summed E-state index contributed by atoms with van der Waals surface area (Å²) in [5, 5.41) is 3.27. The third-order valence-electron chi connectivity index (χ3n) is 3.59. The fourth-order valence-electron chi connectivity index (χ4n) is 2.64. The molecule has 6 heteroatoms. The molecule has 1 N–H and O–H groups in total. The maximum atomic E-state index is 12.7. The molecule has 0 atom stereocenters. The summed E-state index contributed by atoms with van der Waals surface area (Å²) in [6, 6.07) is 12.4. The Bertz CT molecular complexity index is 870. The van der Waals surface area contributed by atoms with Crippen LogP contribution in [0.25, 0.3) is 0 Å². The van der Waals surface area contributed by atoms with E-state index < -0.39 is 11.8 Å². The third-order valence-corrected chi connectivity index (χ3v) is 4.17. The Morgan fingerprint density at radius 2 is 1.58 bits per heavy atom. The zero-order chi connectivity index (χ0) is 17.4. The van der Waals surface area contributed by atoms with Gasteiger partial charge in [-0.15, -0.1) is 0 Å². The van der Waals surface area contributed by atoms with E-state index in [1.807, 2.05) is 19.9 Å². The molecule has 3 rings (SSSR count). The molecule has 2 amide bonds. The number of hydrogen-bond acceptors (Lipinski definition) is 3. The second-order valence-electron chi connectivity index (χ2n) is 5.62. The first kappa shape index (κ1) is 16.6. The summed E-state index contributed by atoms with van der Waals surface area (Å²) in [6.07, 6.45) is 0. The third kappa shape index (κ3) is 3.03. The van der Waals surface area contributed by atoms with Crippen molar-refractivity contribution in [3.05, 3.63) is 69.3 Å². The second kappa shape index (κ2) is 6.30. The highest BCUT2D eigenvalue weighted by Gasteiger charge is 2.39. The second-order valence-corrected chi connectivity index (χ2v) is 6.43. The zero-order valence-corrected chi connectivity index (χ0v) is 14.6. The Balaban J connectivity index is 1.95. The first-order chi connectivity index (χ1) is 11.4. The van der Waals surface area contributed by atoms with Crippen LogP contribution in [-0.2, 0) is 9.59 Å². The van der Waals surface area contributed by atoms with Crippen molar-refractivity contribution in [2.45, 2.75) is 13.8 Å². The first-order valence-electron chi connectivity index (χ1n) is 7.26. The minimum absolute atomic E-state index is 0.0445. The van der Waals surface area contributed by atoms with E-state index in [9.17, 15) is 9.59 Å². The van der Waals surface area contributed by atoms with Gasteiger partial charge in [-0.1, -0.05) is 35.3 Å². The standard InChI is InChI=1S/C18H14Cl2N2O2/c1-10-6-11(2)8-14(7-10)22-17(23)15(20)16(18(22)24)21-13-5-3-4-12(19)9-13/h3-9,21H,1-2H3. The number of halogens is 2. The Labute approximate surface area is 149 Å². The van der Waals surface area contributed by atoms with Gasteiger partial charge in [0.2, 0.25) is 0 Å². The van der Waals surface area contributed by atoms with Gasteiger partial charge in [-0.3, -0.25) is 9.59 Å². The molecular weight excluding hydrogens is 347 g/mol. The van der Waals surface area contributed by atoms with Crippen molar-refractivity contribution in [3.63, 3.8) is 0 Å². The van der Waals surface area contributed by atoms with Crippen LogP contribution in [0, 0.1) is 13.8 Å². The molecular formula is C18H14Cl2N2O2. The highest BCUT2D eigenvalue weighted by Crippen LogP contribution is 2.31. The number of amides is 2. The average Bonchev–Trinajstić information content (AvgIpc) is 2.70. The number of nitrogens with one attached hydrogen (secondary N) is 1. The minimum atomic E-state index is -0.545.